The van der Waals surface area contributed by atoms with E-state index in [4.69, 9.17) is 10.5 Å². The average Bonchev–Trinajstić information content (AvgIpc) is 2.72. The third-order valence-corrected chi connectivity index (χ3v) is 5.68. The molecule has 4 heteroatoms. The van der Waals surface area contributed by atoms with E-state index in [-0.39, 0.29) is 12.0 Å². The summed E-state index contributed by atoms with van der Waals surface area (Å²) in [6, 6.07) is 4.22. The van der Waals surface area contributed by atoms with E-state index in [2.05, 4.69) is 37.0 Å². The number of carbonyl (C=O) groups is 1. The number of aromatic nitrogens is 1. The van der Waals surface area contributed by atoms with Gasteiger partial charge in [-0.3, -0.25) is 9.78 Å². The molecule has 1 saturated carbocycles. The molecular weight excluding hydrogens is 348 g/mol. The number of carbonyl (C=O) groups excluding carboxylic acids is 1. The molecule has 0 aromatic carbocycles. The minimum Gasteiger partial charge on any atom is -0.405 e. The smallest absolute Gasteiger partial charge is 0.140 e. The molecule has 1 aromatic heterocycles. The lowest BCUT2D eigenvalue weighted by molar-refractivity contribution is -0.123. The van der Waals surface area contributed by atoms with Crippen molar-refractivity contribution < 1.29 is 9.53 Å². The maximum atomic E-state index is 12.2. The lowest BCUT2D eigenvalue weighted by atomic mass is 9.83. The van der Waals surface area contributed by atoms with Gasteiger partial charge in [-0.1, -0.05) is 38.0 Å². The van der Waals surface area contributed by atoms with E-state index in [1.807, 2.05) is 13.1 Å². The maximum absolute atomic E-state index is 12.2. The first-order valence-corrected chi connectivity index (χ1v) is 10.7. The van der Waals surface area contributed by atoms with E-state index in [0.29, 0.717) is 18.8 Å². The highest BCUT2D eigenvalue weighted by Crippen LogP contribution is 2.27. The Morgan fingerprint density at radius 2 is 2.18 bits per heavy atom. The molecule has 2 atom stereocenters. The van der Waals surface area contributed by atoms with Crippen molar-refractivity contribution >= 4 is 5.78 Å². The summed E-state index contributed by atoms with van der Waals surface area (Å²) < 4.78 is 6.15. The van der Waals surface area contributed by atoms with Gasteiger partial charge in [-0.2, -0.15) is 0 Å². The number of Topliss-reactive ketones (excluding diaryl/α,β-unsaturated/α-hetero) is 1. The summed E-state index contributed by atoms with van der Waals surface area (Å²) in [5, 5.41) is 0. The number of nitrogens with two attached hydrogens (primary N) is 1. The van der Waals surface area contributed by atoms with Crippen molar-refractivity contribution in [3.05, 3.63) is 53.0 Å². The molecule has 1 heterocycles. The third-order valence-electron chi connectivity index (χ3n) is 5.68. The number of hydrogen-bond donors (Lipinski definition) is 1. The molecule has 1 fully saturated rings. The van der Waals surface area contributed by atoms with Crippen molar-refractivity contribution in [2.24, 2.45) is 11.7 Å². The fourth-order valence-electron chi connectivity index (χ4n) is 3.71. The van der Waals surface area contributed by atoms with Crippen molar-refractivity contribution in [2.75, 3.05) is 6.61 Å². The van der Waals surface area contributed by atoms with Gasteiger partial charge in [0.25, 0.3) is 0 Å². The normalized spacial score (nSPS) is 19.7. The number of rotatable bonds is 10. The molecule has 1 aromatic rings. The SMILES string of the molecule is CC/C(=C\CC(CC)OC/C(=C\N)C1CCCCC1=O)Cc1ccc(C)nc1. The van der Waals surface area contributed by atoms with E-state index in [1.165, 1.54) is 11.1 Å². The quantitative estimate of drug-likeness (QED) is 0.573. The van der Waals surface area contributed by atoms with Crippen molar-refractivity contribution in [3.63, 3.8) is 0 Å². The molecule has 2 N–H and O–H groups in total. The summed E-state index contributed by atoms with van der Waals surface area (Å²) in [5.41, 5.74) is 10.5. The fraction of sp³-hybridized carbons (Fsp3) is 0.583. The minimum atomic E-state index is -0.0351. The number of nitrogens with zero attached hydrogens (tertiary/aromatic N) is 1. The van der Waals surface area contributed by atoms with Gasteiger partial charge in [0.2, 0.25) is 0 Å². The van der Waals surface area contributed by atoms with Gasteiger partial charge in [0.1, 0.15) is 5.78 Å². The summed E-state index contributed by atoms with van der Waals surface area (Å²) in [6.07, 6.45) is 13.5. The zero-order valence-electron chi connectivity index (χ0n) is 17.7. The third kappa shape index (κ3) is 6.90. The minimum absolute atomic E-state index is 0.0351. The highest BCUT2D eigenvalue weighted by atomic mass is 16.5. The van der Waals surface area contributed by atoms with Gasteiger partial charge in [-0.15, -0.1) is 0 Å². The molecule has 1 aliphatic carbocycles. The first kappa shape index (κ1) is 22.4. The molecule has 0 amide bonds. The molecule has 0 saturated heterocycles. The van der Waals surface area contributed by atoms with E-state index < -0.39 is 0 Å². The first-order valence-electron chi connectivity index (χ1n) is 10.7. The van der Waals surface area contributed by atoms with Crippen LogP contribution in [0.3, 0.4) is 0 Å². The lowest BCUT2D eigenvalue weighted by Crippen LogP contribution is -2.25. The Kier molecular flexibility index (Phi) is 9.42. The van der Waals surface area contributed by atoms with E-state index in [1.54, 1.807) is 6.20 Å². The molecule has 28 heavy (non-hydrogen) atoms. The Morgan fingerprint density at radius 1 is 1.36 bits per heavy atom. The van der Waals surface area contributed by atoms with Crippen LogP contribution in [0.4, 0.5) is 0 Å². The highest BCUT2D eigenvalue weighted by molar-refractivity contribution is 5.84. The summed E-state index contributed by atoms with van der Waals surface area (Å²) in [5.74, 6) is 0.284. The summed E-state index contributed by atoms with van der Waals surface area (Å²) >= 11 is 0. The Labute approximate surface area is 170 Å². The molecule has 1 aliphatic rings. The van der Waals surface area contributed by atoms with E-state index >= 15 is 0 Å². The summed E-state index contributed by atoms with van der Waals surface area (Å²) in [4.78, 5) is 16.6. The van der Waals surface area contributed by atoms with Crippen LogP contribution < -0.4 is 5.73 Å². The van der Waals surface area contributed by atoms with E-state index in [0.717, 1.165) is 56.2 Å². The van der Waals surface area contributed by atoms with Gasteiger partial charge in [-0.05, 0) is 68.9 Å². The number of hydrogen-bond acceptors (Lipinski definition) is 4. The second kappa shape index (κ2) is 11.8. The maximum Gasteiger partial charge on any atom is 0.140 e. The molecule has 4 nitrogen and oxygen atoms in total. The van der Waals surface area contributed by atoms with Gasteiger partial charge in [0, 0.05) is 24.2 Å². The summed E-state index contributed by atoms with van der Waals surface area (Å²) in [7, 11) is 0. The van der Waals surface area contributed by atoms with Gasteiger partial charge < -0.3 is 10.5 Å². The monoisotopic (exact) mass is 384 g/mol. The molecule has 2 rings (SSSR count). The van der Waals surface area contributed by atoms with E-state index in [9.17, 15) is 4.79 Å². The standard InChI is InChI=1S/C24H36N2O2/c1-4-19(14-20-11-10-18(3)26-16-20)12-13-22(5-2)28-17-21(15-25)23-8-6-7-9-24(23)27/h10-12,15-16,22-23H,4-9,13-14,17,25H2,1-3H3/b19-12+,21-15+. The van der Waals surface area contributed by atoms with Crippen molar-refractivity contribution in [1.29, 1.82) is 0 Å². The van der Waals surface area contributed by atoms with Gasteiger partial charge in [0.05, 0.1) is 12.7 Å². The Morgan fingerprint density at radius 3 is 2.79 bits per heavy atom. The van der Waals surface area contributed by atoms with Crippen molar-refractivity contribution in [1.82, 2.24) is 4.98 Å². The van der Waals surface area contributed by atoms with Crippen LogP contribution in [0.1, 0.15) is 70.1 Å². The molecule has 0 radical (unpaired) electrons. The topological polar surface area (TPSA) is 65.2 Å². The van der Waals surface area contributed by atoms with Crippen LogP contribution in [0.15, 0.2) is 41.8 Å². The number of aryl methyl sites for hydroxylation is 1. The van der Waals surface area contributed by atoms with Gasteiger partial charge >= 0.3 is 0 Å². The molecule has 0 bridgehead atoms. The van der Waals surface area contributed by atoms with Gasteiger partial charge in [0.15, 0.2) is 0 Å². The predicted molar refractivity (Wildman–Crippen MR) is 115 cm³/mol. The first-order chi connectivity index (χ1) is 13.6. The molecule has 2 unspecified atom stereocenters. The van der Waals surface area contributed by atoms with Crippen LogP contribution >= 0.6 is 0 Å². The number of ether oxygens (including phenoxy) is 1. The molecule has 0 spiro atoms. The Balaban J connectivity index is 1.89. The van der Waals surface area contributed by atoms with Crippen LogP contribution in [0.25, 0.3) is 0 Å². The van der Waals surface area contributed by atoms with Crippen molar-refractivity contribution in [3.8, 4) is 0 Å². The lowest BCUT2D eigenvalue weighted by Gasteiger charge is -2.24. The number of allylic oxidation sites excluding steroid dienone is 1. The zero-order chi connectivity index (χ0) is 20.4. The summed E-state index contributed by atoms with van der Waals surface area (Å²) in [6.45, 7) is 6.81. The predicted octanol–water partition coefficient (Wildman–Crippen LogP) is 5.06. The van der Waals surface area contributed by atoms with Crippen LogP contribution in [0, 0.1) is 12.8 Å². The zero-order valence-corrected chi connectivity index (χ0v) is 17.7. The fourth-order valence-corrected chi connectivity index (χ4v) is 3.71. The van der Waals surface area contributed by atoms with Crippen LogP contribution in [-0.4, -0.2) is 23.5 Å². The van der Waals surface area contributed by atoms with Crippen LogP contribution in [0.2, 0.25) is 0 Å². The number of ketones is 1. The second-order valence-corrected chi connectivity index (χ2v) is 7.78. The molecule has 0 aliphatic heterocycles. The Bertz CT molecular complexity index is 676. The molecular formula is C24H36N2O2. The number of pyridine rings is 1. The Hall–Kier alpha value is -1.94. The molecule has 154 valence electrons. The highest BCUT2D eigenvalue weighted by Gasteiger charge is 2.26. The van der Waals surface area contributed by atoms with Crippen LogP contribution in [-0.2, 0) is 16.0 Å². The second-order valence-electron chi connectivity index (χ2n) is 7.78. The average molecular weight is 385 g/mol. The van der Waals surface area contributed by atoms with Crippen LogP contribution in [0.5, 0.6) is 0 Å². The van der Waals surface area contributed by atoms with Gasteiger partial charge in [-0.25, -0.2) is 0 Å². The van der Waals surface area contributed by atoms with Crippen molar-refractivity contribution in [2.45, 2.75) is 78.2 Å². The largest absolute Gasteiger partial charge is 0.405 e.